The minimum atomic E-state index is -4.81. The number of ether oxygens (including phenoxy) is 4. The van der Waals surface area contributed by atoms with Crippen LogP contribution >= 0.6 is 15.9 Å². The highest BCUT2D eigenvalue weighted by Crippen LogP contribution is 2.45. The molecule has 0 saturated heterocycles. The van der Waals surface area contributed by atoms with Crippen LogP contribution in [0.15, 0.2) is 82.3 Å². The van der Waals surface area contributed by atoms with Crippen molar-refractivity contribution in [3.63, 3.8) is 0 Å². The summed E-state index contributed by atoms with van der Waals surface area (Å²) in [5.41, 5.74) is 4.81. The predicted octanol–water partition coefficient (Wildman–Crippen LogP) is 6.31. The molecule has 14 heteroatoms. The lowest BCUT2D eigenvalue weighted by Gasteiger charge is -2.31. The summed E-state index contributed by atoms with van der Waals surface area (Å²) >= 11 is 3.56. The topological polar surface area (TPSA) is 128 Å². The van der Waals surface area contributed by atoms with E-state index in [1.807, 2.05) is 6.07 Å². The Morgan fingerprint density at radius 1 is 1.00 bits per heavy atom. The molecule has 0 fully saturated rings. The zero-order valence-corrected chi connectivity index (χ0v) is 28.2. The van der Waals surface area contributed by atoms with Crippen molar-refractivity contribution in [2.24, 2.45) is 4.99 Å². The molecule has 2 atom stereocenters. The van der Waals surface area contributed by atoms with E-state index in [1.165, 1.54) is 24.3 Å². The molecule has 3 aromatic rings. The molecule has 0 bridgehead atoms. The number of hydrogen-bond donors (Lipinski definition) is 3. The summed E-state index contributed by atoms with van der Waals surface area (Å²) < 4.78 is 59.8. The summed E-state index contributed by atoms with van der Waals surface area (Å²) in [6.07, 6.45) is -5.57. The van der Waals surface area contributed by atoms with Gasteiger partial charge in [-0.3, -0.25) is 15.0 Å². The van der Waals surface area contributed by atoms with Gasteiger partial charge in [-0.25, -0.2) is 10.4 Å². The van der Waals surface area contributed by atoms with Crippen LogP contribution in [-0.4, -0.2) is 53.6 Å². The molecule has 48 heavy (non-hydrogen) atoms. The molecule has 1 heterocycles. The predicted molar refractivity (Wildman–Crippen MR) is 174 cm³/mol. The molecule has 0 radical (unpaired) electrons. The lowest BCUT2D eigenvalue weighted by molar-refractivity contribution is -0.274. The fourth-order valence-electron chi connectivity index (χ4n) is 4.86. The Morgan fingerprint density at radius 2 is 1.67 bits per heavy atom. The summed E-state index contributed by atoms with van der Waals surface area (Å²) in [6.45, 7) is 5.63. The van der Waals surface area contributed by atoms with E-state index < -0.39 is 35.5 Å². The van der Waals surface area contributed by atoms with Crippen LogP contribution in [0.1, 0.15) is 62.8 Å². The molecule has 258 valence electrons. The Balaban J connectivity index is 1.64. The SMILES string of the molecule is CC(C)(C)OC(=O)CC[C@]1(C(=O)NNCc2ccc(OC(F)(F)F)cc2)N=C(c2ccc(OCCCO)cc2)O[C@H]1c1ccccc1Br. The zero-order chi connectivity index (χ0) is 35.0. The van der Waals surface area contributed by atoms with Crippen LogP contribution in [0.4, 0.5) is 13.2 Å². The van der Waals surface area contributed by atoms with E-state index in [0.717, 1.165) is 0 Å². The molecule has 1 aliphatic heterocycles. The monoisotopic (exact) mass is 735 g/mol. The standard InChI is InChI=1S/C34H37BrF3N3O7/c1-32(2,3)48-28(43)17-18-33(31(44)41-39-21-22-9-13-25(14-10-22)47-34(36,37)38)29(26-7-4-5-8-27(26)35)46-30(40-33)23-11-15-24(16-12-23)45-20-6-19-42/h4-5,7-16,29,39,42H,6,17-21H2,1-3H3,(H,41,44)/t29-,33-/m0/s1. The molecule has 0 aliphatic carbocycles. The van der Waals surface area contributed by atoms with Crippen LogP contribution in [-0.2, 0) is 25.6 Å². The number of hydrogen-bond acceptors (Lipinski definition) is 9. The number of carbonyl (C=O) groups is 2. The molecule has 4 rings (SSSR count). The third-order valence-electron chi connectivity index (χ3n) is 7.00. The smallest absolute Gasteiger partial charge is 0.494 e. The van der Waals surface area contributed by atoms with Gasteiger partial charge in [-0.05, 0) is 75.2 Å². The first-order valence-electron chi connectivity index (χ1n) is 15.1. The van der Waals surface area contributed by atoms with E-state index in [2.05, 4.69) is 31.5 Å². The third-order valence-corrected chi connectivity index (χ3v) is 7.72. The van der Waals surface area contributed by atoms with Gasteiger partial charge in [0.2, 0.25) is 5.90 Å². The average molecular weight is 737 g/mol. The van der Waals surface area contributed by atoms with Gasteiger partial charge in [0, 0.05) is 41.6 Å². The first-order valence-corrected chi connectivity index (χ1v) is 15.9. The van der Waals surface area contributed by atoms with E-state index in [9.17, 15) is 22.8 Å². The van der Waals surface area contributed by atoms with Crippen molar-refractivity contribution in [2.45, 2.75) is 70.2 Å². The van der Waals surface area contributed by atoms with E-state index in [-0.39, 0.29) is 37.6 Å². The maximum Gasteiger partial charge on any atom is 0.573 e. The molecule has 3 N–H and O–H groups in total. The highest BCUT2D eigenvalue weighted by atomic mass is 79.9. The van der Waals surface area contributed by atoms with Gasteiger partial charge in [-0.15, -0.1) is 13.2 Å². The maximum atomic E-state index is 14.2. The van der Waals surface area contributed by atoms with Crippen LogP contribution in [0, 0.1) is 0 Å². The van der Waals surface area contributed by atoms with Gasteiger partial charge < -0.3 is 24.1 Å². The van der Waals surface area contributed by atoms with E-state index in [0.29, 0.717) is 39.9 Å². The number of aliphatic hydroxyl groups excluding tert-OH is 1. The Labute approximate surface area is 284 Å². The number of esters is 1. The Hall–Kier alpha value is -4.14. The van der Waals surface area contributed by atoms with Gasteiger partial charge in [-0.2, -0.15) is 0 Å². The number of aliphatic imine (C=N–C) groups is 1. The van der Waals surface area contributed by atoms with Crippen molar-refractivity contribution < 1.29 is 46.8 Å². The van der Waals surface area contributed by atoms with Crippen molar-refractivity contribution in [2.75, 3.05) is 13.2 Å². The second-order valence-corrected chi connectivity index (χ2v) is 12.8. The van der Waals surface area contributed by atoms with Crippen LogP contribution < -0.4 is 20.3 Å². The van der Waals surface area contributed by atoms with E-state index >= 15 is 0 Å². The minimum absolute atomic E-state index is 0.00463. The number of benzene rings is 3. The number of nitrogens with one attached hydrogen (secondary N) is 2. The van der Waals surface area contributed by atoms with Crippen LogP contribution in [0.2, 0.25) is 0 Å². The molecule has 1 aliphatic rings. The molecular weight excluding hydrogens is 699 g/mol. The quantitative estimate of drug-likeness (QED) is 0.1000. The number of halogens is 4. The molecule has 0 spiro atoms. The Morgan fingerprint density at radius 3 is 2.29 bits per heavy atom. The zero-order valence-electron chi connectivity index (χ0n) is 26.6. The average Bonchev–Trinajstić information content (AvgIpc) is 3.41. The van der Waals surface area contributed by atoms with Crippen LogP contribution in [0.25, 0.3) is 0 Å². The minimum Gasteiger partial charge on any atom is -0.494 e. The number of rotatable bonds is 14. The highest BCUT2D eigenvalue weighted by Gasteiger charge is 2.54. The van der Waals surface area contributed by atoms with Gasteiger partial charge >= 0.3 is 12.3 Å². The van der Waals surface area contributed by atoms with Crippen LogP contribution in [0.5, 0.6) is 11.5 Å². The largest absolute Gasteiger partial charge is 0.573 e. The lowest BCUT2D eigenvalue weighted by Crippen LogP contribution is -2.52. The molecular formula is C34H37BrF3N3O7. The van der Waals surface area contributed by atoms with Crippen molar-refractivity contribution in [1.29, 1.82) is 0 Å². The molecule has 3 aromatic carbocycles. The normalized spacial score (nSPS) is 17.7. The number of aliphatic hydroxyl groups is 1. The second-order valence-electron chi connectivity index (χ2n) is 11.9. The van der Waals surface area contributed by atoms with E-state index in [1.54, 1.807) is 63.2 Å². The van der Waals surface area contributed by atoms with Gasteiger partial charge in [0.05, 0.1) is 6.61 Å². The fraction of sp³-hybridized carbons (Fsp3) is 0.382. The molecule has 0 saturated carbocycles. The lowest BCUT2D eigenvalue weighted by atomic mass is 9.83. The van der Waals surface area contributed by atoms with Crippen molar-refractivity contribution in [3.05, 3.63) is 94.0 Å². The van der Waals surface area contributed by atoms with Crippen molar-refractivity contribution in [1.82, 2.24) is 10.9 Å². The molecule has 0 aromatic heterocycles. The highest BCUT2D eigenvalue weighted by molar-refractivity contribution is 9.10. The van der Waals surface area contributed by atoms with Gasteiger partial charge in [0.25, 0.3) is 5.91 Å². The molecule has 1 amide bonds. The summed E-state index contributed by atoms with van der Waals surface area (Å²) in [5.74, 6) is -0.769. The first kappa shape index (κ1) is 36.7. The summed E-state index contributed by atoms with van der Waals surface area (Å²) in [4.78, 5) is 32.0. The van der Waals surface area contributed by atoms with Gasteiger partial charge in [0.1, 0.15) is 17.1 Å². The van der Waals surface area contributed by atoms with Crippen molar-refractivity contribution >= 4 is 33.7 Å². The number of alkyl halides is 3. The molecule has 10 nitrogen and oxygen atoms in total. The second kappa shape index (κ2) is 15.8. The first-order chi connectivity index (χ1) is 22.7. The number of carbonyl (C=O) groups excluding carboxylic acids is 2. The Bertz CT molecular complexity index is 1580. The number of hydrazine groups is 1. The maximum absolute atomic E-state index is 14.2. The Kier molecular flexibility index (Phi) is 12.1. The fourth-order valence-corrected chi connectivity index (χ4v) is 5.36. The third kappa shape index (κ3) is 10.2. The summed E-state index contributed by atoms with van der Waals surface area (Å²) in [6, 6.07) is 19.3. The van der Waals surface area contributed by atoms with E-state index in [4.69, 9.17) is 24.3 Å². The number of amides is 1. The van der Waals surface area contributed by atoms with Crippen LogP contribution in [0.3, 0.4) is 0 Å². The van der Waals surface area contributed by atoms with Gasteiger partial charge in [0.15, 0.2) is 11.6 Å². The molecule has 0 unspecified atom stereocenters. The van der Waals surface area contributed by atoms with Crippen molar-refractivity contribution in [3.8, 4) is 11.5 Å². The summed E-state index contributed by atoms with van der Waals surface area (Å²) in [7, 11) is 0. The number of nitrogens with zero attached hydrogens (tertiary/aromatic N) is 1. The summed E-state index contributed by atoms with van der Waals surface area (Å²) in [5, 5.41) is 9.03. The van der Waals surface area contributed by atoms with Gasteiger partial charge in [-0.1, -0.05) is 46.3 Å².